The Bertz CT molecular complexity index is 1250. The van der Waals surface area contributed by atoms with Crippen molar-refractivity contribution in [3.8, 4) is 6.01 Å². The fourth-order valence-electron chi connectivity index (χ4n) is 5.78. The number of aliphatic hydroxyl groups excluding tert-OH is 1. The molecule has 41 heavy (non-hydrogen) atoms. The topological polar surface area (TPSA) is 105 Å². The molecule has 0 amide bonds. The van der Waals surface area contributed by atoms with Gasteiger partial charge in [-0.25, -0.2) is 0 Å². The molecule has 1 saturated heterocycles. The van der Waals surface area contributed by atoms with Gasteiger partial charge in [0.2, 0.25) is 5.95 Å². The average molecular weight is 565 g/mol. The van der Waals surface area contributed by atoms with Crippen LogP contribution in [0.1, 0.15) is 90.0 Å². The molecule has 2 aromatic heterocycles. The van der Waals surface area contributed by atoms with Gasteiger partial charge in [-0.2, -0.15) is 19.6 Å². The van der Waals surface area contributed by atoms with Gasteiger partial charge in [-0.1, -0.05) is 57.9 Å². The molecule has 4 rings (SSSR count). The van der Waals surface area contributed by atoms with E-state index in [1.165, 1.54) is 17.2 Å². The molecule has 1 fully saturated rings. The fraction of sp³-hybridized carbons (Fsp3) is 0.625. The first kappa shape index (κ1) is 30.9. The minimum Gasteiger partial charge on any atom is -0.459 e. The van der Waals surface area contributed by atoms with Gasteiger partial charge in [-0.3, -0.25) is 4.79 Å². The maximum Gasteiger partial charge on any atom is 0.322 e. The molecule has 2 N–H and O–H groups in total. The second-order valence-electron chi connectivity index (χ2n) is 11.9. The van der Waals surface area contributed by atoms with E-state index in [1.54, 1.807) is 4.52 Å². The van der Waals surface area contributed by atoms with E-state index in [9.17, 15) is 9.90 Å². The van der Waals surface area contributed by atoms with Crippen LogP contribution in [0.5, 0.6) is 6.01 Å². The summed E-state index contributed by atoms with van der Waals surface area (Å²) in [6.07, 6.45) is 15.2. The van der Waals surface area contributed by atoms with Gasteiger partial charge in [-0.05, 0) is 69.1 Å². The molecule has 1 aliphatic heterocycles. The lowest BCUT2D eigenvalue weighted by molar-refractivity contribution is -0.114. The van der Waals surface area contributed by atoms with Crippen LogP contribution in [-0.2, 0) is 4.79 Å². The maximum atomic E-state index is 11.5. The maximum absolute atomic E-state index is 11.5. The van der Waals surface area contributed by atoms with Crippen LogP contribution in [0.3, 0.4) is 0 Å². The molecule has 1 aliphatic carbocycles. The highest BCUT2D eigenvalue weighted by Gasteiger charge is 2.24. The van der Waals surface area contributed by atoms with Gasteiger partial charge in [-0.15, -0.1) is 0 Å². The van der Waals surface area contributed by atoms with E-state index in [4.69, 9.17) is 14.7 Å². The first-order valence-corrected chi connectivity index (χ1v) is 15.3. The Morgan fingerprint density at radius 1 is 1.32 bits per heavy atom. The number of fused-ring (bicyclic) bond motifs is 1. The number of nitrogens with one attached hydrogen (secondary N) is 1. The molecular weight excluding hydrogens is 516 g/mol. The van der Waals surface area contributed by atoms with E-state index in [0.29, 0.717) is 31.3 Å². The van der Waals surface area contributed by atoms with Gasteiger partial charge in [0.25, 0.3) is 0 Å². The predicted molar refractivity (Wildman–Crippen MR) is 163 cm³/mol. The van der Waals surface area contributed by atoms with Crippen LogP contribution in [-0.4, -0.2) is 74.3 Å². The van der Waals surface area contributed by atoms with E-state index in [1.807, 2.05) is 6.20 Å². The Morgan fingerprint density at radius 3 is 2.85 bits per heavy atom. The highest BCUT2D eigenvalue weighted by atomic mass is 16.5. The number of rotatable bonds is 16. The third-order valence-electron chi connectivity index (χ3n) is 8.34. The zero-order chi connectivity index (χ0) is 29.4. The van der Waals surface area contributed by atoms with Gasteiger partial charge >= 0.3 is 6.01 Å². The Hall–Kier alpha value is -3.04. The first-order valence-electron chi connectivity index (χ1n) is 15.3. The van der Waals surface area contributed by atoms with Crippen molar-refractivity contribution >= 4 is 17.4 Å². The number of anilines is 1. The summed E-state index contributed by atoms with van der Waals surface area (Å²) >= 11 is 0. The van der Waals surface area contributed by atoms with Crippen molar-refractivity contribution in [3.05, 3.63) is 47.7 Å². The Morgan fingerprint density at radius 2 is 2.15 bits per heavy atom. The summed E-state index contributed by atoms with van der Waals surface area (Å²) in [4.78, 5) is 23.2. The van der Waals surface area contributed by atoms with Crippen molar-refractivity contribution in [3.63, 3.8) is 0 Å². The Kier molecular flexibility index (Phi) is 11.1. The van der Waals surface area contributed by atoms with Gasteiger partial charge in [0, 0.05) is 31.6 Å². The van der Waals surface area contributed by atoms with Gasteiger partial charge in [0.05, 0.1) is 12.3 Å². The van der Waals surface area contributed by atoms with Crippen LogP contribution >= 0.6 is 0 Å². The van der Waals surface area contributed by atoms with Gasteiger partial charge in [0.15, 0.2) is 11.4 Å². The van der Waals surface area contributed by atoms with Crippen LogP contribution in [0.25, 0.3) is 5.65 Å². The lowest BCUT2D eigenvalue weighted by Crippen LogP contribution is -2.23. The predicted octanol–water partition coefficient (Wildman–Crippen LogP) is 5.48. The zero-order valence-electron chi connectivity index (χ0n) is 25.3. The molecule has 0 saturated carbocycles. The molecule has 0 bridgehead atoms. The summed E-state index contributed by atoms with van der Waals surface area (Å²) in [5, 5.41) is 19.1. The highest BCUT2D eigenvalue weighted by Crippen LogP contribution is 2.28. The minimum atomic E-state index is -0.390. The number of ketones is 1. The number of hydrogen-bond donors (Lipinski definition) is 2. The highest BCUT2D eigenvalue weighted by molar-refractivity contribution is 5.88. The SMILES string of the molecule is C=CC(=O)CCCC[C@H](CC)C(O)CC1=CCCC(CNc2nc(OC3CCN(C)C3)nc3c(C(C)C)cnn23)=C1. The number of carbonyl (C=O) groups excluding carboxylic acids is 1. The Labute approximate surface area is 244 Å². The molecule has 2 aromatic rings. The third-order valence-corrected chi connectivity index (χ3v) is 8.34. The molecular formula is C32H48N6O3. The van der Waals surface area contributed by atoms with Crippen molar-refractivity contribution in [2.45, 2.75) is 96.7 Å². The number of nitrogens with zero attached hydrogens (tertiary/aromatic N) is 5. The number of unbranched alkanes of at least 4 members (excludes halogenated alkanes) is 1. The minimum absolute atomic E-state index is 0.0856. The molecule has 9 nitrogen and oxygen atoms in total. The van der Waals surface area contributed by atoms with E-state index >= 15 is 0 Å². The Balaban J connectivity index is 1.40. The summed E-state index contributed by atoms with van der Waals surface area (Å²) in [6, 6.07) is 0.392. The van der Waals surface area contributed by atoms with E-state index < -0.39 is 0 Å². The summed E-state index contributed by atoms with van der Waals surface area (Å²) in [7, 11) is 2.10. The van der Waals surface area contributed by atoms with Crippen molar-refractivity contribution in [2.75, 3.05) is 32.0 Å². The van der Waals surface area contributed by atoms with E-state index in [2.05, 4.69) is 61.9 Å². The molecule has 3 atom stereocenters. The number of ether oxygens (including phenoxy) is 1. The van der Waals surface area contributed by atoms with Crippen molar-refractivity contribution in [2.24, 2.45) is 5.92 Å². The zero-order valence-corrected chi connectivity index (χ0v) is 25.3. The smallest absolute Gasteiger partial charge is 0.322 e. The second-order valence-corrected chi connectivity index (χ2v) is 11.9. The summed E-state index contributed by atoms with van der Waals surface area (Å²) in [5.74, 6) is 1.23. The molecule has 0 radical (unpaired) electrons. The third kappa shape index (κ3) is 8.49. The number of aromatic nitrogens is 4. The molecule has 0 spiro atoms. The van der Waals surface area contributed by atoms with Crippen LogP contribution in [0.15, 0.2) is 42.2 Å². The van der Waals surface area contributed by atoms with E-state index in [0.717, 1.165) is 69.2 Å². The summed E-state index contributed by atoms with van der Waals surface area (Å²) in [6.45, 7) is 12.5. The molecule has 9 heteroatoms. The average Bonchev–Trinajstić information content (AvgIpc) is 3.57. The lowest BCUT2D eigenvalue weighted by Gasteiger charge is -2.24. The monoisotopic (exact) mass is 564 g/mol. The summed E-state index contributed by atoms with van der Waals surface area (Å²) < 4.78 is 8.00. The molecule has 224 valence electrons. The first-order chi connectivity index (χ1) is 19.8. The van der Waals surface area contributed by atoms with Crippen LogP contribution in [0.4, 0.5) is 5.95 Å². The fourth-order valence-corrected chi connectivity index (χ4v) is 5.78. The van der Waals surface area contributed by atoms with Crippen LogP contribution < -0.4 is 10.1 Å². The normalized spacial score (nSPS) is 19.2. The number of likely N-dealkylation sites (N-methyl/N-ethyl adjacent to an activating group) is 1. The second kappa shape index (κ2) is 14.7. The van der Waals surface area contributed by atoms with Crippen molar-refractivity contribution < 1.29 is 14.6 Å². The quantitative estimate of drug-likeness (QED) is 0.204. The molecule has 2 unspecified atom stereocenters. The van der Waals surface area contributed by atoms with Gasteiger partial charge < -0.3 is 20.1 Å². The number of aliphatic hydroxyl groups is 1. The van der Waals surface area contributed by atoms with Gasteiger partial charge in [0.1, 0.15) is 6.10 Å². The van der Waals surface area contributed by atoms with E-state index in [-0.39, 0.29) is 29.8 Å². The van der Waals surface area contributed by atoms with Crippen LogP contribution in [0, 0.1) is 5.92 Å². The number of likely N-dealkylation sites (tertiary alicyclic amines) is 1. The molecule has 3 heterocycles. The molecule has 2 aliphatic rings. The lowest BCUT2D eigenvalue weighted by atomic mass is 9.87. The number of allylic oxidation sites excluding steroid dienone is 3. The van der Waals surface area contributed by atoms with Crippen LogP contribution in [0.2, 0.25) is 0 Å². The summed E-state index contributed by atoms with van der Waals surface area (Å²) in [5.41, 5.74) is 4.30. The largest absolute Gasteiger partial charge is 0.459 e. The number of hydrogen-bond acceptors (Lipinski definition) is 8. The number of carbonyl (C=O) groups is 1. The van der Waals surface area contributed by atoms with Crippen molar-refractivity contribution in [1.82, 2.24) is 24.5 Å². The molecule has 0 aromatic carbocycles. The van der Waals surface area contributed by atoms with Crippen molar-refractivity contribution in [1.29, 1.82) is 0 Å². The standard InChI is InChI=1S/C32H48N6O3/c1-6-25(13-8-9-14-26(39)7-2)29(40)18-23-11-10-12-24(17-23)19-33-31-36-32(41-27-15-16-37(5)21-27)35-30-28(22(3)4)20-34-38(30)31/h7,11,17,20,22,25,27,29,40H,2,6,8-10,12-16,18-19,21H2,1,3-5H3,(H,33,35,36)/t25-,27?,29?/m0/s1.